The average Bonchev–Trinajstić information content (AvgIpc) is 3.41. The summed E-state index contributed by atoms with van der Waals surface area (Å²) in [5.41, 5.74) is 3.29. The van der Waals surface area contributed by atoms with Gasteiger partial charge in [0.2, 0.25) is 0 Å². The summed E-state index contributed by atoms with van der Waals surface area (Å²) in [5.74, 6) is 1.95. The molecule has 0 aliphatic heterocycles. The molecular formula is C21H20N6O2S. The zero-order chi connectivity index (χ0) is 20.9. The summed E-state index contributed by atoms with van der Waals surface area (Å²) in [5, 5.41) is 7.62. The largest absolute Gasteiger partial charge is 0.361 e. The molecule has 4 aromatic heterocycles. The highest BCUT2D eigenvalue weighted by atomic mass is 32.2. The van der Waals surface area contributed by atoms with Gasteiger partial charge < -0.3 is 9.84 Å². The van der Waals surface area contributed by atoms with Gasteiger partial charge >= 0.3 is 0 Å². The lowest BCUT2D eigenvalue weighted by atomic mass is 10.2. The Morgan fingerprint density at radius 3 is 2.77 bits per heavy atom. The predicted molar refractivity (Wildman–Crippen MR) is 112 cm³/mol. The van der Waals surface area contributed by atoms with Gasteiger partial charge in [0.25, 0.3) is 5.91 Å². The van der Waals surface area contributed by atoms with Crippen LogP contribution in [0.25, 0.3) is 5.82 Å². The standard InChI is InChI=1S/C21H20N6O2S/c1-14-18(15(2)29-26-14)12-30-21-17(6-4-8-24-21)20(28)25-11-16-5-3-7-23-19(16)27-10-9-22-13-27/h3-10,13H,11-12H2,1-2H3,(H,25,28). The molecule has 4 heterocycles. The fourth-order valence-corrected chi connectivity index (χ4v) is 4.13. The molecule has 4 aromatic rings. The molecule has 9 heteroatoms. The molecule has 0 atom stereocenters. The topological polar surface area (TPSA) is 98.7 Å². The Morgan fingerprint density at radius 2 is 2.00 bits per heavy atom. The molecule has 4 rings (SSSR count). The number of imidazole rings is 1. The van der Waals surface area contributed by atoms with Crippen LogP contribution in [0.2, 0.25) is 0 Å². The zero-order valence-corrected chi connectivity index (χ0v) is 17.4. The molecule has 0 bridgehead atoms. The number of nitrogens with zero attached hydrogens (tertiary/aromatic N) is 5. The first kappa shape index (κ1) is 19.8. The van der Waals surface area contributed by atoms with Gasteiger partial charge in [-0.15, -0.1) is 11.8 Å². The van der Waals surface area contributed by atoms with Crippen LogP contribution in [0.3, 0.4) is 0 Å². The number of hydrogen-bond acceptors (Lipinski definition) is 7. The third kappa shape index (κ3) is 4.25. The smallest absolute Gasteiger partial charge is 0.254 e. The van der Waals surface area contributed by atoms with E-state index in [0.717, 1.165) is 28.4 Å². The maximum absolute atomic E-state index is 12.9. The van der Waals surface area contributed by atoms with Crippen molar-refractivity contribution in [2.24, 2.45) is 0 Å². The van der Waals surface area contributed by atoms with Gasteiger partial charge in [-0.1, -0.05) is 11.2 Å². The van der Waals surface area contributed by atoms with E-state index in [1.54, 1.807) is 37.1 Å². The van der Waals surface area contributed by atoms with Crippen LogP contribution in [0, 0.1) is 13.8 Å². The van der Waals surface area contributed by atoms with Crippen molar-refractivity contribution in [2.75, 3.05) is 0 Å². The van der Waals surface area contributed by atoms with Gasteiger partial charge in [0, 0.05) is 48.2 Å². The van der Waals surface area contributed by atoms with Crippen molar-refractivity contribution in [3.63, 3.8) is 0 Å². The molecule has 1 amide bonds. The molecule has 152 valence electrons. The lowest BCUT2D eigenvalue weighted by molar-refractivity contribution is 0.0947. The summed E-state index contributed by atoms with van der Waals surface area (Å²) < 4.78 is 7.03. The maximum atomic E-state index is 12.9. The normalized spacial score (nSPS) is 10.9. The van der Waals surface area contributed by atoms with Crippen molar-refractivity contribution in [3.8, 4) is 5.82 Å². The van der Waals surface area contributed by atoms with Gasteiger partial charge in [0.1, 0.15) is 22.9 Å². The monoisotopic (exact) mass is 420 g/mol. The molecule has 0 saturated heterocycles. The number of hydrogen-bond donors (Lipinski definition) is 1. The number of nitrogens with one attached hydrogen (secondary N) is 1. The molecule has 0 fully saturated rings. The molecule has 0 radical (unpaired) electrons. The fourth-order valence-electron chi connectivity index (χ4n) is 2.98. The van der Waals surface area contributed by atoms with Crippen LogP contribution >= 0.6 is 11.8 Å². The first-order valence-corrected chi connectivity index (χ1v) is 10.3. The van der Waals surface area contributed by atoms with Crippen molar-refractivity contribution >= 4 is 17.7 Å². The van der Waals surface area contributed by atoms with Gasteiger partial charge in [-0.05, 0) is 32.0 Å². The van der Waals surface area contributed by atoms with Crippen molar-refractivity contribution in [1.29, 1.82) is 0 Å². The second-order valence-electron chi connectivity index (χ2n) is 6.59. The van der Waals surface area contributed by atoms with Crippen LogP contribution in [0.1, 0.15) is 32.9 Å². The molecule has 1 N–H and O–H groups in total. The summed E-state index contributed by atoms with van der Waals surface area (Å²) in [6, 6.07) is 7.31. The molecule has 8 nitrogen and oxygen atoms in total. The van der Waals surface area contributed by atoms with Crippen molar-refractivity contribution in [2.45, 2.75) is 31.2 Å². The van der Waals surface area contributed by atoms with Gasteiger partial charge in [0.15, 0.2) is 0 Å². The van der Waals surface area contributed by atoms with E-state index in [9.17, 15) is 4.79 Å². The Labute approximate surface area is 177 Å². The van der Waals surface area contributed by atoms with Crippen LogP contribution in [-0.4, -0.2) is 30.6 Å². The van der Waals surface area contributed by atoms with Crippen molar-refractivity contribution in [3.05, 3.63) is 83.5 Å². The van der Waals surface area contributed by atoms with E-state index in [-0.39, 0.29) is 5.91 Å². The quantitative estimate of drug-likeness (QED) is 0.457. The zero-order valence-electron chi connectivity index (χ0n) is 16.6. The van der Waals surface area contributed by atoms with Gasteiger partial charge in [-0.2, -0.15) is 0 Å². The van der Waals surface area contributed by atoms with E-state index < -0.39 is 0 Å². The highest BCUT2D eigenvalue weighted by molar-refractivity contribution is 7.98. The summed E-state index contributed by atoms with van der Waals surface area (Å²) >= 11 is 1.49. The number of aromatic nitrogens is 5. The molecule has 0 aliphatic carbocycles. The molecule has 0 saturated carbocycles. The van der Waals surface area contributed by atoms with E-state index >= 15 is 0 Å². The minimum absolute atomic E-state index is 0.190. The third-order valence-electron chi connectivity index (χ3n) is 4.61. The third-order valence-corrected chi connectivity index (χ3v) is 5.64. The van der Waals surface area contributed by atoms with Crippen LogP contribution in [-0.2, 0) is 12.3 Å². The number of thioether (sulfide) groups is 1. The summed E-state index contributed by atoms with van der Waals surface area (Å²) in [6.07, 6.45) is 8.58. The summed E-state index contributed by atoms with van der Waals surface area (Å²) in [4.78, 5) is 25.8. The van der Waals surface area contributed by atoms with Gasteiger partial charge in [-0.3, -0.25) is 9.36 Å². The van der Waals surface area contributed by atoms with Crippen LogP contribution in [0.4, 0.5) is 0 Å². The Balaban J connectivity index is 1.47. The Hall–Kier alpha value is -3.46. The second-order valence-corrected chi connectivity index (χ2v) is 7.55. The SMILES string of the molecule is Cc1noc(C)c1CSc1ncccc1C(=O)NCc1cccnc1-n1ccnc1. The fraction of sp³-hybridized carbons (Fsp3) is 0.190. The van der Waals surface area contributed by atoms with Gasteiger partial charge in [-0.25, -0.2) is 15.0 Å². The van der Waals surface area contributed by atoms with Crippen LogP contribution in [0.5, 0.6) is 0 Å². The number of amides is 1. The van der Waals surface area contributed by atoms with Crippen LogP contribution < -0.4 is 5.32 Å². The minimum atomic E-state index is -0.190. The number of carbonyl (C=O) groups is 1. The number of carbonyl (C=O) groups excluding carboxylic acids is 1. The lowest BCUT2D eigenvalue weighted by Crippen LogP contribution is -2.24. The highest BCUT2D eigenvalue weighted by Crippen LogP contribution is 2.27. The minimum Gasteiger partial charge on any atom is -0.361 e. The molecule has 0 aliphatic rings. The van der Waals surface area contributed by atoms with Gasteiger partial charge in [0.05, 0.1) is 11.3 Å². The Bertz CT molecular complexity index is 1140. The molecule has 0 spiro atoms. The van der Waals surface area contributed by atoms with E-state index in [1.165, 1.54) is 11.8 Å². The summed E-state index contributed by atoms with van der Waals surface area (Å²) in [7, 11) is 0. The van der Waals surface area contributed by atoms with E-state index in [1.807, 2.05) is 36.7 Å². The maximum Gasteiger partial charge on any atom is 0.254 e. The Kier molecular flexibility index (Phi) is 5.89. The average molecular weight is 420 g/mol. The highest BCUT2D eigenvalue weighted by Gasteiger charge is 2.16. The van der Waals surface area contributed by atoms with Crippen LogP contribution in [0.15, 0.2) is 64.9 Å². The van der Waals surface area contributed by atoms with Crippen molar-refractivity contribution in [1.82, 2.24) is 30.0 Å². The van der Waals surface area contributed by atoms with Crippen molar-refractivity contribution < 1.29 is 9.32 Å². The number of rotatable bonds is 7. The first-order valence-electron chi connectivity index (χ1n) is 9.33. The molecular weight excluding hydrogens is 400 g/mol. The second kappa shape index (κ2) is 8.91. The molecule has 0 aromatic carbocycles. The predicted octanol–water partition coefficient (Wildman–Crippen LogP) is 3.49. The summed E-state index contributed by atoms with van der Waals surface area (Å²) in [6.45, 7) is 4.13. The molecule has 0 unspecified atom stereocenters. The van der Waals surface area contributed by atoms with E-state index in [2.05, 4.69) is 25.4 Å². The van der Waals surface area contributed by atoms with E-state index in [4.69, 9.17) is 4.52 Å². The number of pyridine rings is 2. The lowest BCUT2D eigenvalue weighted by Gasteiger charge is -2.11. The first-order chi connectivity index (χ1) is 14.6. The molecule has 30 heavy (non-hydrogen) atoms. The Morgan fingerprint density at radius 1 is 1.17 bits per heavy atom. The van der Waals surface area contributed by atoms with E-state index in [0.29, 0.717) is 22.9 Å². The number of aryl methyl sites for hydroxylation is 2.